The van der Waals surface area contributed by atoms with Gasteiger partial charge >= 0.3 is 0 Å². The maximum absolute atomic E-state index is 13.2. The number of aromatic nitrogens is 4. The first kappa shape index (κ1) is 21.4. The number of pyridine rings is 1. The number of hydrogen-bond donors (Lipinski definition) is 2. The van der Waals surface area contributed by atoms with Gasteiger partial charge in [-0.3, -0.25) is 19.0 Å². The highest BCUT2D eigenvalue weighted by atomic mass is 32.2. The minimum atomic E-state index is -0.739. The van der Waals surface area contributed by atoms with Crippen molar-refractivity contribution in [3.63, 3.8) is 0 Å². The molecular weight excluding hydrogens is 452 g/mol. The smallest absolute Gasteiger partial charge is 0.272 e. The van der Waals surface area contributed by atoms with Gasteiger partial charge in [-0.25, -0.2) is 9.97 Å². The molecule has 0 bridgehead atoms. The van der Waals surface area contributed by atoms with Crippen molar-refractivity contribution in [1.82, 2.24) is 19.4 Å². The number of nitrogens with one attached hydrogen (secondary N) is 1. The minimum Gasteiger partial charge on any atom is -0.463 e. The zero-order valence-electron chi connectivity index (χ0n) is 17.7. The fraction of sp³-hybridized carbons (Fsp3) is 0.0417. The lowest BCUT2D eigenvalue weighted by Crippen LogP contribution is -2.17. The number of thioether (sulfide) groups is 1. The van der Waals surface area contributed by atoms with Crippen molar-refractivity contribution in [1.29, 1.82) is 0 Å². The molecule has 0 aliphatic rings. The number of anilines is 1. The lowest BCUT2D eigenvalue weighted by Gasteiger charge is -2.10. The van der Waals surface area contributed by atoms with Gasteiger partial charge in [-0.15, -0.1) is 11.8 Å². The summed E-state index contributed by atoms with van der Waals surface area (Å²) in [4.78, 5) is 38.6. The van der Waals surface area contributed by atoms with Crippen LogP contribution >= 0.6 is 11.8 Å². The van der Waals surface area contributed by atoms with E-state index in [4.69, 9.17) is 10.2 Å². The highest BCUT2D eigenvalue weighted by Crippen LogP contribution is 2.25. The molecule has 2 amide bonds. The number of carbonyl (C=O) groups is 2. The summed E-state index contributed by atoms with van der Waals surface area (Å²) in [5, 5.41) is 2.88. The largest absolute Gasteiger partial charge is 0.463 e. The van der Waals surface area contributed by atoms with Crippen molar-refractivity contribution in [2.45, 2.75) is 10.6 Å². The van der Waals surface area contributed by atoms with E-state index in [0.29, 0.717) is 17.1 Å². The van der Waals surface area contributed by atoms with Gasteiger partial charge in [0.25, 0.3) is 11.8 Å². The highest BCUT2D eigenvalue weighted by Gasteiger charge is 2.20. The third-order valence-electron chi connectivity index (χ3n) is 4.98. The number of rotatable bonds is 7. The van der Waals surface area contributed by atoms with Crippen LogP contribution in [0.3, 0.4) is 0 Å². The third-order valence-corrected chi connectivity index (χ3v) is 6.06. The number of primary amides is 1. The maximum Gasteiger partial charge on any atom is 0.272 e. The molecule has 1 aromatic carbocycles. The number of fused-ring (bicyclic) bond motifs is 1. The Hall–Kier alpha value is -4.44. The molecule has 0 aliphatic heterocycles. The summed E-state index contributed by atoms with van der Waals surface area (Å²) >= 11 is 1.68. The van der Waals surface area contributed by atoms with Gasteiger partial charge in [0.2, 0.25) is 0 Å². The molecule has 0 spiro atoms. The van der Waals surface area contributed by atoms with E-state index < -0.39 is 11.8 Å². The fourth-order valence-electron chi connectivity index (χ4n) is 3.35. The molecule has 10 heteroatoms. The quantitative estimate of drug-likeness (QED) is 0.344. The predicted octanol–water partition coefficient (Wildman–Crippen LogP) is 4.03. The summed E-state index contributed by atoms with van der Waals surface area (Å²) < 4.78 is 6.85. The Morgan fingerprint density at radius 1 is 1.12 bits per heavy atom. The average Bonchev–Trinajstić information content (AvgIpc) is 3.54. The Balaban J connectivity index is 1.39. The van der Waals surface area contributed by atoms with E-state index in [0.717, 1.165) is 16.2 Å². The molecule has 3 N–H and O–H groups in total. The number of imidazole rings is 1. The number of hydrogen-bond acceptors (Lipinski definition) is 7. The molecule has 0 saturated heterocycles. The van der Waals surface area contributed by atoms with Gasteiger partial charge < -0.3 is 15.5 Å². The summed E-state index contributed by atoms with van der Waals surface area (Å²) in [6.07, 6.45) is 6.44. The number of amides is 2. The number of nitrogens with zero attached hydrogens (tertiary/aromatic N) is 4. The second-order valence-corrected chi connectivity index (χ2v) is 8.33. The lowest BCUT2D eigenvalue weighted by molar-refractivity contribution is 0.0993. The van der Waals surface area contributed by atoms with Crippen LogP contribution in [0.4, 0.5) is 5.69 Å². The van der Waals surface area contributed by atoms with Crippen molar-refractivity contribution in [2.24, 2.45) is 5.73 Å². The Labute approximate surface area is 198 Å². The first-order chi connectivity index (χ1) is 16.6. The Morgan fingerprint density at radius 3 is 2.68 bits per heavy atom. The molecule has 0 atom stereocenters. The molecule has 4 heterocycles. The topological polar surface area (TPSA) is 128 Å². The molecule has 0 fully saturated rings. The van der Waals surface area contributed by atoms with Crippen LogP contribution in [-0.2, 0) is 5.75 Å². The molecule has 0 radical (unpaired) electrons. The van der Waals surface area contributed by atoms with Crippen LogP contribution < -0.4 is 11.1 Å². The zero-order valence-corrected chi connectivity index (χ0v) is 18.5. The summed E-state index contributed by atoms with van der Waals surface area (Å²) in [5.41, 5.74) is 7.94. The van der Waals surface area contributed by atoms with Gasteiger partial charge in [0.1, 0.15) is 17.7 Å². The van der Waals surface area contributed by atoms with Crippen molar-refractivity contribution < 1.29 is 14.0 Å². The molecule has 0 unspecified atom stereocenters. The average molecular weight is 471 g/mol. The zero-order chi connectivity index (χ0) is 23.5. The van der Waals surface area contributed by atoms with E-state index in [-0.39, 0.29) is 17.0 Å². The van der Waals surface area contributed by atoms with E-state index in [9.17, 15) is 9.59 Å². The van der Waals surface area contributed by atoms with Crippen molar-refractivity contribution in [3.8, 4) is 11.5 Å². The Morgan fingerprint density at radius 2 is 1.97 bits per heavy atom. The SMILES string of the molecule is NC(=O)c1ncn2c(C(=O)Nc3ccc(SCc4cccnc4)cc3)cc(-c3ccco3)nc12. The van der Waals surface area contributed by atoms with E-state index in [1.807, 2.05) is 42.6 Å². The molecule has 4 aromatic heterocycles. The van der Waals surface area contributed by atoms with E-state index in [2.05, 4.69) is 20.3 Å². The van der Waals surface area contributed by atoms with Crippen molar-refractivity contribution in [3.05, 3.63) is 96.5 Å². The number of nitrogens with two attached hydrogens (primary N) is 1. The maximum atomic E-state index is 13.2. The van der Waals surface area contributed by atoms with Crippen LogP contribution in [0.15, 0.2) is 88.9 Å². The highest BCUT2D eigenvalue weighted by molar-refractivity contribution is 7.98. The predicted molar refractivity (Wildman–Crippen MR) is 127 cm³/mol. The standard InChI is InChI=1S/C24H18N6O3S/c25-22(31)21-23-29-18(20-4-2-10-33-20)11-19(30(23)14-27-21)24(32)28-16-5-7-17(8-6-16)34-13-15-3-1-9-26-12-15/h1-12,14H,13H2,(H2,25,31)(H,28,32). The second kappa shape index (κ2) is 9.20. The Kier molecular flexibility index (Phi) is 5.79. The van der Waals surface area contributed by atoms with Crippen LogP contribution in [0.25, 0.3) is 17.1 Å². The number of carbonyl (C=O) groups excluding carboxylic acids is 2. The van der Waals surface area contributed by atoms with Crippen molar-refractivity contribution in [2.75, 3.05) is 5.32 Å². The van der Waals surface area contributed by atoms with Gasteiger partial charge in [-0.2, -0.15) is 0 Å². The molecule has 168 valence electrons. The van der Waals surface area contributed by atoms with Crippen LogP contribution in [0, 0.1) is 0 Å². The van der Waals surface area contributed by atoms with Gasteiger partial charge in [0.05, 0.1) is 6.26 Å². The monoisotopic (exact) mass is 470 g/mol. The molecule has 9 nitrogen and oxygen atoms in total. The van der Waals surface area contributed by atoms with E-state index in [1.54, 1.807) is 36.2 Å². The van der Waals surface area contributed by atoms with Gasteiger partial charge in [-0.1, -0.05) is 6.07 Å². The number of furan rings is 1. The van der Waals surface area contributed by atoms with Crippen LogP contribution in [0.5, 0.6) is 0 Å². The van der Waals surface area contributed by atoms with Crippen LogP contribution in [0.2, 0.25) is 0 Å². The van der Waals surface area contributed by atoms with E-state index >= 15 is 0 Å². The summed E-state index contributed by atoms with van der Waals surface area (Å²) in [6, 6.07) is 16.5. The van der Waals surface area contributed by atoms with Gasteiger partial charge in [-0.05, 0) is 54.1 Å². The van der Waals surface area contributed by atoms with Crippen LogP contribution in [-0.4, -0.2) is 31.2 Å². The summed E-state index contributed by atoms with van der Waals surface area (Å²) in [7, 11) is 0. The van der Waals surface area contributed by atoms with E-state index in [1.165, 1.54) is 17.0 Å². The first-order valence-corrected chi connectivity index (χ1v) is 11.2. The van der Waals surface area contributed by atoms with Crippen LogP contribution in [0.1, 0.15) is 26.5 Å². The third kappa shape index (κ3) is 4.39. The lowest BCUT2D eigenvalue weighted by atomic mass is 10.2. The molecular formula is C24H18N6O3S. The normalized spacial score (nSPS) is 10.9. The Bertz CT molecular complexity index is 1460. The second-order valence-electron chi connectivity index (χ2n) is 7.28. The summed E-state index contributed by atoms with van der Waals surface area (Å²) in [5.74, 6) is 0.109. The molecule has 5 aromatic rings. The molecule has 0 aliphatic carbocycles. The molecule has 34 heavy (non-hydrogen) atoms. The number of benzene rings is 1. The van der Waals surface area contributed by atoms with Gasteiger partial charge in [0.15, 0.2) is 17.1 Å². The van der Waals surface area contributed by atoms with Gasteiger partial charge in [0, 0.05) is 28.7 Å². The molecule has 0 saturated carbocycles. The fourth-order valence-corrected chi connectivity index (χ4v) is 4.18. The molecule has 5 rings (SSSR count). The first-order valence-electron chi connectivity index (χ1n) is 10.2. The van der Waals surface area contributed by atoms with Crippen molar-refractivity contribution >= 4 is 34.9 Å². The summed E-state index contributed by atoms with van der Waals surface area (Å²) in [6.45, 7) is 0. The minimum absolute atomic E-state index is 0.0301.